The number of rotatable bonds is 8. The molecule has 4 nitrogen and oxygen atoms in total. The monoisotopic (exact) mass is 467 g/mol. The third-order valence-corrected chi connectivity index (χ3v) is 6.73. The largest absolute Gasteiger partial charge is 0.309 e. The van der Waals surface area contributed by atoms with Crippen LogP contribution in [0.25, 0.3) is 10.2 Å². The topological polar surface area (TPSA) is 36.4 Å². The van der Waals surface area contributed by atoms with Gasteiger partial charge in [-0.3, -0.25) is 9.69 Å². The average Bonchev–Trinajstić information content (AvgIpc) is 3.07. The Bertz CT molecular complexity index is 953. The number of thioether (sulfide) groups is 1. The lowest BCUT2D eigenvalue weighted by molar-refractivity contribution is -0.116. The number of nitrogens with zero attached hydrogens (tertiary/aromatic N) is 3. The number of aromatic nitrogens is 1. The molecule has 0 fully saturated rings. The highest BCUT2D eigenvalue weighted by Crippen LogP contribution is 2.31. The van der Waals surface area contributed by atoms with Gasteiger partial charge in [-0.05, 0) is 88.4 Å². The van der Waals surface area contributed by atoms with Gasteiger partial charge in [0.15, 0.2) is 5.13 Å². The SMILES string of the molecule is Cc1cc2nc(N(CCCN(C)C)C(=O)CSc3ccc(F)cc3)sc2cc1C.Cl. The van der Waals surface area contributed by atoms with E-state index in [1.807, 2.05) is 14.1 Å². The Morgan fingerprint density at radius 2 is 1.77 bits per heavy atom. The van der Waals surface area contributed by atoms with Crippen molar-refractivity contribution in [2.75, 3.05) is 37.8 Å². The first-order valence-corrected chi connectivity index (χ1v) is 11.3. The number of anilines is 1. The average molecular weight is 468 g/mol. The van der Waals surface area contributed by atoms with Crippen molar-refractivity contribution in [3.05, 3.63) is 53.3 Å². The van der Waals surface area contributed by atoms with E-state index in [-0.39, 0.29) is 24.1 Å². The summed E-state index contributed by atoms with van der Waals surface area (Å²) in [5.41, 5.74) is 3.36. The van der Waals surface area contributed by atoms with E-state index >= 15 is 0 Å². The quantitative estimate of drug-likeness (QED) is 0.407. The highest BCUT2D eigenvalue weighted by atomic mass is 35.5. The van der Waals surface area contributed by atoms with Gasteiger partial charge in [0.1, 0.15) is 5.82 Å². The fourth-order valence-corrected chi connectivity index (χ4v) is 4.77. The Morgan fingerprint density at radius 1 is 1.10 bits per heavy atom. The Kier molecular flexibility index (Phi) is 9.09. The molecule has 0 atom stereocenters. The lowest BCUT2D eigenvalue weighted by Crippen LogP contribution is -2.34. The van der Waals surface area contributed by atoms with E-state index in [0.717, 1.165) is 33.2 Å². The molecule has 3 rings (SSSR count). The first-order chi connectivity index (χ1) is 13.8. The number of thiazole rings is 1. The summed E-state index contributed by atoms with van der Waals surface area (Å²) in [6, 6.07) is 10.5. The number of hydrogen-bond acceptors (Lipinski definition) is 5. The summed E-state index contributed by atoms with van der Waals surface area (Å²) >= 11 is 2.98. The van der Waals surface area contributed by atoms with Crippen LogP contribution in [0, 0.1) is 19.7 Å². The van der Waals surface area contributed by atoms with Crippen LogP contribution in [-0.2, 0) is 4.79 Å². The minimum atomic E-state index is -0.272. The van der Waals surface area contributed by atoms with Crippen molar-refractivity contribution in [2.45, 2.75) is 25.2 Å². The Morgan fingerprint density at radius 3 is 2.43 bits per heavy atom. The molecule has 1 heterocycles. The van der Waals surface area contributed by atoms with Crippen LogP contribution >= 0.6 is 35.5 Å². The molecular formula is C22H27ClFN3OS2. The molecule has 0 aliphatic heterocycles. The smallest absolute Gasteiger partial charge is 0.239 e. The molecule has 0 aliphatic carbocycles. The molecule has 0 saturated heterocycles. The molecule has 8 heteroatoms. The van der Waals surface area contributed by atoms with E-state index in [1.54, 1.807) is 28.4 Å². The molecule has 0 unspecified atom stereocenters. The van der Waals surface area contributed by atoms with E-state index in [1.165, 1.54) is 35.0 Å². The molecule has 3 aromatic rings. The van der Waals surface area contributed by atoms with Gasteiger partial charge in [0.25, 0.3) is 0 Å². The molecule has 0 saturated carbocycles. The maximum absolute atomic E-state index is 13.1. The standard InChI is InChI=1S/C22H26FN3OS2.ClH/c1-15-12-19-20(13-16(15)2)29-22(24-19)26(11-5-10-25(3)4)21(27)14-28-18-8-6-17(23)7-9-18;/h6-9,12-13H,5,10-11,14H2,1-4H3;1H. The Hall–Kier alpha value is -1.67. The molecule has 30 heavy (non-hydrogen) atoms. The van der Waals surface area contributed by atoms with Gasteiger partial charge >= 0.3 is 0 Å². The summed E-state index contributed by atoms with van der Waals surface area (Å²) in [6.07, 6.45) is 0.869. The second-order valence-electron chi connectivity index (χ2n) is 7.35. The number of carbonyl (C=O) groups is 1. The summed E-state index contributed by atoms with van der Waals surface area (Å²) in [5.74, 6) is 0.0401. The molecule has 0 bridgehead atoms. The number of amides is 1. The van der Waals surface area contributed by atoms with Crippen LogP contribution < -0.4 is 4.90 Å². The van der Waals surface area contributed by atoms with Crippen LogP contribution in [0.4, 0.5) is 9.52 Å². The van der Waals surface area contributed by atoms with Crippen LogP contribution in [0.1, 0.15) is 17.5 Å². The minimum Gasteiger partial charge on any atom is -0.309 e. The van der Waals surface area contributed by atoms with Gasteiger partial charge in [-0.2, -0.15) is 0 Å². The number of benzene rings is 2. The molecule has 2 aromatic carbocycles. The van der Waals surface area contributed by atoms with Gasteiger partial charge in [-0.1, -0.05) is 11.3 Å². The molecule has 1 aromatic heterocycles. The molecule has 162 valence electrons. The number of halogens is 2. The van der Waals surface area contributed by atoms with Gasteiger partial charge in [0.05, 0.1) is 16.0 Å². The maximum atomic E-state index is 13.1. The van der Waals surface area contributed by atoms with Gasteiger partial charge < -0.3 is 4.90 Å². The van der Waals surface area contributed by atoms with E-state index in [9.17, 15) is 9.18 Å². The fourth-order valence-electron chi connectivity index (χ4n) is 2.91. The van der Waals surface area contributed by atoms with Crippen molar-refractivity contribution in [3.8, 4) is 0 Å². The van der Waals surface area contributed by atoms with Crippen LogP contribution in [0.2, 0.25) is 0 Å². The number of carbonyl (C=O) groups excluding carboxylic acids is 1. The minimum absolute atomic E-state index is 0. The zero-order chi connectivity index (χ0) is 21.0. The summed E-state index contributed by atoms with van der Waals surface area (Å²) in [5, 5.41) is 0.744. The van der Waals surface area contributed by atoms with Crippen LogP contribution in [0.15, 0.2) is 41.3 Å². The third kappa shape index (κ3) is 6.41. The zero-order valence-corrected chi connectivity index (χ0v) is 20.1. The van der Waals surface area contributed by atoms with E-state index in [2.05, 4.69) is 30.9 Å². The molecular weight excluding hydrogens is 441 g/mol. The van der Waals surface area contributed by atoms with Crippen LogP contribution in [0.5, 0.6) is 0 Å². The predicted molar refractivity (Wildman–Crippen MR) is 129 cm³/mol. The summed E-state index contributed by atoms with van der Waals surface area (Å²) in [4.78, 5) is 22.6. The lowest BCUT2D eigenvalue weighted by Gasteiger charge is -2.21. The summed E-state index contributed by atoms with van der Waals surface area (Å²) < 4.78 is 14.2. The summed E-state index contributed by atoms with van der Waals surface area (Å²) in [6.45, 7) is 5.69. The molecule has 0 N–H and O–H groups in total. The second kappa shape index (κ2) is 11.1. The molecule has 1 amide bonds. The van der Waals surface area contributed by atoms with Gasteiger partial charge in [0.2, 0.25) is 5.91 Å². The normalized spacial score (nSPS) is 11.0. The van der Waals surface area contributed by atoms with Crippen molar-refractivity contribution in [1.82, 2.24) is 9.88 Å². The highest BCUT2D eigenvalue weighted by Gasteiger charge is 2.20. The zero-order valence-electron chi connectivity index (χ0n) is 17.6. The third-order valence-electron chi connectivity index (χ3n) is 4.69. The summed E-state index contributed by atoms with van der Waals surface area (Å²) in [7, 11) is 4.06. The van der Waals surface area contributed by atoms with Crippen LogP contribution in [0.3, 0.4) is 0 Å². The van der Waals surface area contributed by atoms with Gasteiger partial charge in [0, 0.05) is 11.4 Å². The molecule has 0 radical (unpaired) electrons. The first kappa shape index (κ1) is 24.6. The van der Waals surface area contributed by atoms with E-state index in [4.69, 9.17) is 4.98 Å². The van der Waals surface area contributed by atoms with Crippen LogP contribution in [-0.4, -0.2) is 48.7 Å². The Balaban J connectivity index is 0.00000320. The molecule has 0 spiro atoms. The van der Waals surface area contributed by atoms with Crippen molar-refractivity contribution >= 4 is 56.8 Å². The van der Waals surface area contributed by atoms with Crippen molar-refractivity contribution in [3.63, 3.8) is 0 Å². The number of hydrogen-bond donors (Lipinski definition) is 0. The number of aryl methyl sites for hydroxylation is 2. The molecule has 0 aliphatic rings. The van der Waals surface area contributed by atoms with E-state index < -0.39 is 0 Å². The second-order valence-corrected chi connectivity index (χ2v) is 9.40. The lowest BCUT2D eigenvalue weighted by atomic mass is 10.1. The van der Waals surface area contributed by atoms with Crippen molar-refractivity contribution < 1.29 is 9.18 Å². The Labute approximate surface area is 191 Å². The van der Waals surface area contributed by atoms with Crippen molar-refractivity contribution in [2.24, 2.45) is 0 Å². The maximum Gasteiger partial charge on any atom is 0.239 e. The van der Waals surface area contributed by atoms with Gasteiger partial charge in [-0.15, -0.1) is 24.2 Å². The fraction of sp³-hybridized carbons (Fsp3) is 0.364. The predicted octanol–water partition coefficient (Wildman–Crippen LogP) is 5.55. The first-order valence-electron chi connectivity index (χ1n) is 9.55. The van der Waals surface area contributed by atoms with E-state index in [0.29, 0.717) is 12.3 Å². The highest BCUT2D eigenvalue weighted by molar-refractivity contribution is 8.00. The number of fused-ring (bicyclic) bond motifs is 1. The van der Waals surface area contributed by atoms with Gasteiger partial charge in [-0.25, -0.2) is 9.37 Å². The van der Waals surface area contributed by atoms with Crippen molar-refractivity contribution in [1.29, 1.82) is 0 Å².